The average molecular weight is 359 g/mol. The van der Waals surface area contributed by atoms with Crippen LogP contribution in [0.25, 0.3) is 0 Å². The van der Waals surface area contributed by atoms with Crippen LogP contribution < -0.4 is 0 Å². The summed E-state index contributed by atoms with van der Waals surface area (Å²) in [5.41, 5.74) is 0.801. The van der Waals surface area contributed by atoms with Crippen LogP contribution in [0.2, 0.25) is 0 Å². The third kappa shape index (κ3) is 5.18. The Hall–Kier alpha value is -2.63. The Kier molecular flexibility index (Phi) is 6.95. The monoisotopic (exact) mass is 359 g/mol. The van der Waals surface area contributed by atoms with Crippen LogP contribution in [0.15, 0.2) is 42.5 Å². The molecule has 1 aromatic rings. The van der Waals surface area contributed by atoms with E-state index in [0.717, 1.165) is 5.56 Å². The van der Waals surface area contributed by atoms with Gasteiger partial charge in [0.05, 0.1) is 18.4 Å². The van der Waals surface area contributed by atoms with Gasteiger partial charge in [-0.2, -0.15) is 0 Å². The Morgan fingerprint density at radius 3 is 2.58 bits per heavy atom. The number of rotatable bonds is 3. The first-order valence-electron chi connectivity index (χ1n) is 8.78. The molecule has 0 radical (unpaired) electrons. The summed E-state index contributed by atoms with van der Waals surface area (Å²) in [6, 6.07) is 8.86. The van der Waals surface area contributed by atoms with Gasteiger partial charge in [0, 0.05) is 13.5 Å². The lowest BCUT2D eigenvalue weighted by molar-refractivity contribution is -0.156. The maximum absolute atomic E-state index is 12.9. The van der Waals surface area contributed by atoms with E-state index in [1.165, 1.54) is 4.90 Å². The lowest BCUT2D eigenvalue weighted by atomic mass is 9.96. The first kappa shape index (κ1) is 19.7. The van der Waals surface area contributed by atoms with Crippen molar-refractivity contribution in [2.24, 2.45) is 5.92 Å². The molecule has 1 heterocycles. The maximum atomic E-state index is 12.9. The van der Waals surface area contributed by atoms with Gasteiger partial charge in [0.2, 0.25) is 5.91 Å². The smallest absolute Gasteiger partial charge is 0.306 e. The predicted molar refractivity (Wildman–Crippen MR) is 96.2 cm³/mol. The predicted octanol–water partition coefficient (Wildman–Crippen LogP) is 2.95. The third-order valence-corrected chi connectivity index (χ3v) is 4.66. The summed E-state index contributed by atoms with van der Waals surface area (Å²) in [5.74, 6) is -2.22. The number of esters is 1. The Morgan fingerprint density at radius 2 is 1.92 bits per heavy atom. The van der Waals surface area contributed by atoms with E-state index in [-0.39, 0.29) is 24.7 Å². The molecule has 0 bridgehead atoms. The number of ether oxygens (including phenoxy) is 1. The molecule has 2 rings (SSSR count). The minimum absolute atomic E-state index is 0.226. The molecule has 6 heteroatoms. The van der Waals surface area contributed by atoms with Crippen molar-refractivity contribution in [3.8, 4) is 0 Å². The molecule has 26 heavy (non-hydrogen) atoms. The van der Waals surface area contributed by atoms with E-state index in [4.69, 9.17) is 9.84 Å². The highest BCUT2D eigenvalue weighted by molar-refractivity contribution is 5.83. The number of carbonyl (C=O) groups is 3. The minimum Gasteiger partial charge on any atom is -0.481 e. The fourth-order valence-electron chi connectivity index (χ4n) is 3.04. The van der Waals surface area contributed by atoms with Crippen LogP contribution in [0.4, 0.5) is 0 Å². The molecule has 0 spiro atoms. The molecule has 6 nitrogen and oxygen atoms in total. The van der Waals surface area contributed by atoms with E-state index >= 15 is 0 Å². The van der Waals surface area contributed by atoms with Crippen LogP contribution >= 0.6 is 0 Å². The summed E-state index contributed by atoms with van der Waals surface area (Å²) in [5, 5.41) is 9.12. The van der Waals surface area contributed by atoms with Crippen molar-refractivity contribution in [3.63, 3.8) is 0 Å². The summed E-state index contributed by atoms with van der Waals surface area (Å²) in [6.45, 7) is 1.81. The topological polar surface area (TPSA) is 83.9 Å². The van der Waals surface area contributed by atoms with Crippen molar-refractivity contribution in [2.75, 3.05) is 7.05 Å². The lowest BCUT2D eigenvalue weighted by Gasteiger charge is -2.34. The number of nitrogens with zero attached hydrogens (tertiary/aromatic N) is 1. The van der Waals surface area contributed by atoms with Gasteiger partial charge in [0.25, 0.3) is 0 Å². The van der Waals surface area contributed by atoms with Gasteiger partial charge in [-0.3, -0.25) is 14.4 Å². The van der Waals surface area contributed by atoms with Gasteiger partial charge in [-0.05, 0) is 25.3 Å². The second-order valence-electron chi connectivity index (χ2n) is 6.55. The van der Waals surface area contributed by atoms with E-state index in [1.807, 2.05) is 37.3 Å². The van der Waals surface area contributed by atoms with E-state index in [0.29, 0.717) is 12.8 Å². The molecule has 0 saturated carbocycles. The van der Waals surface area contributed by atoms with Gasteiger partial charge in [-0.15, -0.1) is 0 Å². The van der Waals surface area contributed by atoms with Crippen molar-refractivity contribution < 1.29 is 24.2 Å². The van der Waals surface area contributed by atoms with Crippen molar-refractivity contribution in [1.29, 1.82) is 0 Å². The van der Waals surface area contributed by atoms with Gasteiger partial charge < -0.3 is 14.7 Å². The van der Waals surface area contributed by atoms with Crippen molar-refractivity contribution in [2.45, 2.75) is 44.8 Å². The van der Waals surface area contributed by atoms with Crippen molar-refractivity contribution >= 4 is 17.8 Å². The van der Waals surface area contributed by atoms with Crippen molar-refractivity contribution in [1.82, 2.24) is 4.90 Å². The van der Waals surface area contributed by atoms with E-state index < -0.39 is 24.0 Å². The summed E-state index contributed by atoms with van der Waals surface area (Å²) in [4.78, 5) is 37.7. The van der Waals surface area contributed by atoms with Gasteiger partial charge >= 0.3 is 11.9 Å². The highest BCUT2D eigenvalue weighted by atomic mass is 16.5. The van der Waals surface area contributed by atoms with Crippen LogP contribution in [0.1, 0.15) is 44.3 Å². The number of likely N-dealkylation sites (N-methyl/N-ethyl adjacent to an activating group) is 1. The molecule has 1 aliphatic rings. The standard InChI is InChI=1S/C20H25NO5/c1-14-19(15-9-5-3-6-10-15)26-18(24)12-8-4-7-11-16(13-17(22)23)20(25)21(14)2/h3-7,9-10,14,16,19H,8,11-13H2,1-2H3,(H,22,23)/b7-4+/t14-,16+,19+/m1/s1. The molecule has 0 fully saturated rings. The molecule has 0 saturated heterocycles. The zero-order valence-corrected chi connectivity index (χ0v) is 15.1. The number of carboxylic acid groups (broad SMARTS) is 1. The molecule has 0 unspecified atom stereocenters. The van der Waals surface area contributed by atoms with Gasteiger partial charge in [0.1, 0.15) is 6.10 Å². The molecular formula is C20H25NO5. The normalized spacial score (nSPS) is 26.4. The summed E-state index contributed by atoms with van der Waals surface area (Å²) in [7, 11) is 1.63. The zero-order valence-electron chi connectivity index (χ0n) is 15.1. The number of carboxylic acids is 1. The highest BCUT2D eigenvalue weighted by Crippen LogP contribution is 2.27. The molecule has 1 aliphatic heterocycles. The minimum atomic E-state index is -1.00. The first-order chi connectivity index (χ1) is 12.4. The molecule has 140 valence electrons. The van der Waals surface area contributed by atoms with Crippen LogP contribution in [0, 0.1) is 5.92 Å². The van der Waals surface area contributed by atoms with Gasteiger partial charge in [-0.1, -0.05) is 42.5 Å². The highest BCUT2D eigenvalue weighted by Gasteiger charge is 2.32. The van der Waals surface area contributed by atoms with Gasteiger partial charge in [-0.25, -0.2) is 0 Å². The van der Waals surface area contributed by atoms with Crippen molar-refractivity contribution in [3.05, 3.63) is 48.0 Å². The average Bonchev–Trinajstić information content (AvgIpc) is 2.62. The molecule has 0 aromatic heterocycles. The lowest BCUT2D eigenvalue weighted by Crippen LogP contribution is -2.43. The zero-order chi connectivity index (χ0) is 19.1. The molecule has 3 atom stereocenters. The Morgan fingerprint density at radius 1 is 1.23 bits per heavy atom. The number of aliphatic carboxylic acids is 1. The third-order valence-electron chi connectivity index (χ3n) is 4.66. The Bertz CT molecular complexity index is 670. The van der Waals surface area contributed by atoms with Gasteiger partial charge in [0.15, 0.2) is 0 Å². The number of hydrogen-bond acceptors (Lipinski definition) is 4. The van der Waals surface area contributed by atoms with E-state index in [9.17, 15) is 14.4 Å². The number of allylic oxidation sites excluding steroid dienone is 2. The second kappa shape index (κ2) is 9.17. The first-order valence-corrected chi connectivity index (χ1v) is 8.78. The number of benzene rings is 1. The molecule has 1 amide bonds. The molecule has 0 aliphatic carbocycles. The Balaban J connectivity index is 2.34. The SMILES string of the molecule is C[C@@H]1[C@@H](c2ccccc2)OC(=O)CC/C=C/C[C@@H](CC(=O)O)C(=O)N1C. The van der Waals surface area contributed by atoms with E-state index in [1.54, 1.807) is 19.2 Å². The van der Waals surface area contributed by atoms with Crippen LogP contribution in [0.3, 0.4) is 0 Å². The molecular weight excluding hydrogens is 334 g/mol. The Labute approximate surface area is 153 Å². The summed E-state index contributed by atoms with van der Waals surface area (Å²) in [6.07, 6.45) is 3.82. The van der Waals surface area contributed by atoms with Crippen LogP contribution in [0.5, 0.6) is 0 Å². The maximum Gasteiger partial charge on any atom is 0.306 e. The number of cyclic esters (lactones) is 1. The van der Waals surface area contributed by atoms with Crippen LogP contribution in [-0.4, -0.2) is 40.9 Å². The second-order valence-corrected chi connectivity index (χ2v) is 6.55. The number of amides is 1. The number of carbonyl (C=O) groups excluding carboxylic acids is 2. The summed E-state index contributed by atoms with van der Waals surface area (Å²) >= 11 is 0. The van der Waals surface area contributed by atoms with E-state index in [2.05, 4.69) is 0 Å². The number of hydrogen-bond donors (Lipinski definition) is 1. The largest absolute Gasteiger partial charge is 0.481 e. The quantitative estimate of drug-likeness (QED) is 0.663. The fourth-order valence-corrected chi connectivity index (χ4v) is 3.04. The van der Waals surface area contributed by atoms with Crippen LogP contribution in [-0.2, 0) is 19.1 Å². The molecule has 1 N–H and O–H groups in total. The summed E-state index contributed by atoms with van der Waals surface area (Å²) < 4.78 is 5.67. The fraction of sp³-hybridized carbons (Fsp3) is 0.450. The molecule has 1 aromatic carbocycles.